The third-order valence-electron chi connectivity index (χ3n) is 6.27. The highest BCUT2D eigenvalue weighted by atomic mass is 35.5. The zero-order valence-corrected chi connectivity index (χ0v) is 23.6. The fourth-order valence-electron chi connectivity index (χ4n) is 4.18. The highest BCUT2D eigenvalue weighted by molar-refractivity contribution is 7.98. The Morgan fingerprint density at radius 3 is 2.59 bits per heavy atom. The van der Waals surface area contributed by atoms with Gasteiger partial charge in [-0.25, -0.2) is 14.8 Å². The number of thioether (sulfide) groups is 1. The van der Waals surface area contributed by atoms with Crippen LogP contribution in [-0.4, -0.2) is 66.8 Å². The van der Waals surface area contributed by atoms with E-state index in [1.165, 1.54) is 11.8 Å². The minimum absolute atomic E-state index is 0.0849. The number of carbonyl (C=O) groups is 1. The lowest BCUT2D eigenvalue weighted by molar-refractivity contribution is 0.0289. The summed E-state index contributed by atoms with van der Waals surface area (Å²) in [6.07, 6.45) is 2.70. The maximum Gasteiger partial charge on any atom is 0.345 e. The summed E-state index contributed by atoms with van der Waals surface area (Å²) in [5.41, 5.74) is 2.19. The van der Waals surface area contributed by atoms with Crippen LogP contribution in [0, 0.1) is 0 Å². The van der Waals surface area contributed by atoms with Gasteiger partial charge in [-0.05, 0) is 42.4 Å². The lowest BCUT2D eigenvalue weighted by Gasteiger charge is -2.32. The van der Waals surface area contributed by atoms with Crippen molar-refractivity contribution in [2.24, 2.45) is 0 Å². The molecule has 1 saturated heterocycles. The van der Waals surface area contributed by atoms with E-state index in [4.69, 9.17) is 25.8 Å². The van der Waals surface area contributed by atoms with Gasteiger partial charge in [0, 0.05) is 19.6 Å². The van der Waals surface area contributed by atoms with Gasteiger partial charge in [0.25, 0.3) is 0 Å². The van der Waals surface area contributed by atoms with E-state index in [1.807, 2.05) is 47.6 Å². The second-order valence-corrected chi connectivity index (χ2v) is 10.2. The Labute approximate surface area is 237 Å². The van der Waals surface area contributed by atoms with E-state index in [0.717, 1.165) is 11.1 Å². The van der Waals surface area contributed by atoms with Gasteiger partial charge in [-0.1, -0.05) is 59.8 Å². The fourth-order valence-corrected chi connectivity index (χ4v) is 4.82. The first-order valence-corrected chi connectivity index (χ1v) is 14.3. The predicted molar refractivity (Wildman–Crippen MR) is 153 cm³/mol. The van der Waals surface area contributed by atoms with Gasteiger partial charge < -0.3 is 29.5 Å². The molecule has 0 bridgehead atoms. The SMILES string of the molecule is COc1ccc(CNc2nc(SC)nc(N3CCC(O)CC3)c2C(=O)OCCOCc2ccccc2)cc1Cl. The average Bonchev–Trinajstić information content (AvgIpc) is 2.96. The summed E-state index contributed by atoms with van der Waals surface area (Å²) in [7, 11) is 1.57. The molecule has 0 amide bonds. The number of nitrogens with one attached hydrogen (secondary N) is 1. The summed E-state index contributed by atoms with van der Waals surface area (Å²) < 4.78 is 16.6. The Bertz CT molecular complexity index is 1240. The fraction of sp³-hybridized carbons (Fsp3) is 0.393. The summed E-state index contributed by atoms with van der Waals surface area (Å²) in [6.45, 7) is 2.28. The molecule has 0 saturated carbocycles. The van der Waals surface area contributed by atoms with Crippen molar-refractivity contribution >= 4 is 41.0 Å². The van der Waals surface area contributed by atoms with Gasteiger partial charge in [-0.3, -0.25) is 0 Å². The minimum atomic E-state index is -0.539. The van der Waals surface area contributed by atoms with E-state index >= 15 is 0 Å². The molecule has 1 aromatic heterocycles. The number of nitrogens with zero attached hydrogens (tertiary/aromatic N) is 3. The van der Waals surface area contributed by atoms with Crippen LogP contribution in [0.4, 0.5) is 11.6 Å². The number of aromatic nitrogens is 2. The first-order valence-electron chi connectivity index (χ1n) is 12.7. The van der Waals surface area contributed by atoms with Crippen molar-refractivity contribution < 1.29 is 24.1 Å². The van der Waals surface area contributed by atoms with Crippen LogP contribution in [0.25, 0.3) is 0 Å². The molecule has 2 aromatic carbocycles. The zero-order chi connectivity index (χ0) is 27.6. The van der Waals surface area contributed by atoms with Crippen LogP contribution in [-0.2, 0) is 22.6 Å². The molecule has 1 aliphatic rings. The molecule has 9 nitrogen and oxygen atoms in total. The molecule has 0 atom stereocenters. The van der Waals surface area contributed by atoms with Gasteiger partial charge in [-0.15, -0.1) is 0 Å². The highest BCUT2D eigenvalue weighted by Gasteiger charge is 2.28. The maximum absolute atomic E-state index is 13.5. The number of anilines is 2. The zero-order valence-electron chi connectivity index (χ0n) is 22.1. The Hall–Kier alpha value is -3.05. The topological polar surface area (TPSA) is 106 Å². The van der Waals surface area contributed by atoms with Gasteiger partial charge in [0.1, 0.15) is 29.6 Å². The number of aliphatic hydroxyl groups is 1. The van der Waals surface area contributed by atoms with Crippen LogP contribution in [0.15, 0.2) is 53.7 Å². The molecule has 2 N–H and O–H groups in total. The van der Waals surface area contributed by atoms with E-state index in [9.17, 15) is 9.90 Å². The van der Waals surface area contributed by atoms with E-state index in [0.29, 0.717) is 66.6 Å². The van der Waals surface area contributed by atoms with E-state index in [2.05, 4.69) is 15.3 Å². The van der Waals surface area contributed by atoms with E-state index in [-0.39, 0.29) is 24.9 Å². The smallest absolute Gasteiger partial charge is 0.345 e. The molecule has 1 aliphatic heterocycles. The molecule has 1 fully saturated rings. The van der Waals surface area contributed by atoms with E-state index < -0.39 is 5.97 Å². The first kappa shape index (κ1) is 28.9. The van der Waals surface area contributed by atoms with Crippen LogP contribution < -0.4 is 15.0 Å². The maximum atomic E-state index is 13.5. The Morgan fingerprint density at radius 1 is 1.13 bits per heavy atom. The van der Waals surface area contributed by atoms with E-state index in [1.54, 1.807) is 19.2 Å². The molecule has 0 aliphatic carbocycles. The van der Waals surface area contributed by atoms with Crippen LogP contribution in [0.5, 0.6) is 5.75 Å². The molecule has 2 heterocycles. The standard InChI is InChI=1S/C28H33ClN4O5S/c1-36-23-9-8-20(16-22(23)29)17-30-25-24(27(35)38-15-14-37-18-19-6-4-3-5-7-19)26(32-28(31-25)39-2)33-12-10-21(34)11-13-33/h3-9,16,21,34H,10-15,17-18H2,1-2H3,(H,30,31,32). The van der Waals surface area contributed by atoms with Crippen molar-refractivity contribution in [1.29, 1.82) is 0 Å². The van der Waals surface area contributed by atoms with Crippen LogP contribution in [0.2, 0.25) is 5.02 Å². The number of piperidine rings is 1. The number of halogens is 1. The normalized spacial score (nSPS) is 13.8. The molecule has 0 unspecified atom stereocenters. The summed E-state index contributed by atoms with van der Waals surface area (Å²) >= 11 is 7.69. The number of hydrogen-bond donors (Lipinski definition) is 2. The van der Waals surface area contributed by atoms with Crippen LogP contribution in [0.3, 0.4) is 0 Å². The molecule has 3 aromatic rings. The third-order valence-corrected chi connectivity index (χ3v) is 7.11. The Morgan fingerprint density at radius 2 is 1.90 bits per heavy atom. The van der Waals surface area contributed by atoms with Crippen molar-refractivity contribution in [1.82, 2.24) is 9.97 Å². The number of methoxy groups -OCH3 is 1. The number of aliphatic hydroxyl groups excluding tert-OH is 1. The number of rotatable bonds is 12. The van der Waals surface area contributed by atoms with Gasteiger partial charge in [-0.2, -0.15) is 0 Å². The van der Waals surface area contributed by atoms with Crippen molar-refractivity contribution in [3.05, 3.63) is 70.2 Å². The number of carbonyl (C=O) groups excluding carboxylic acids is 1. The summed E-state index contributed by atoms with van der Waals surface area (Å²) in [5, 5.41) is 14.3. The molecule has 4 rings (SSSR count). The summed E-state index contributed by atoms with van der Waals surface area (Å²) in [4.78, 5) is 24.8. The second-order valence-electron chi connectivity index (χ2n) is 8.97. The average molecular weight is 573 g/mol. The van der Waals surface area contributed by atoms with Crippen molar-refractivity contribution in [2.45, 2.75) is 37.3 Å². The largest absolute Gasteiger partial charge is 0.495 e. The Balaban J connectivity index is 1.53. The van der Waals surface area contributed by atoms with Crippen molar-refractivity contribution in [2.75, 3.05) is 49.9 Å². The molecular formula is C28H33ClN4O5S. The number of benzene rings is 2. The van der Waals surface area contributed by atoms with Crippen molar-refractivity contribution in [3.63, 3.8) is 0 Å². The van der Waals surface area contributed by atoms with Gasteiger partial charge in [0.2, 0.25) is 0 Å². The third kappa shape index (κ3) is 7.98. The predicted octanol–water partition coefficient (Wildman–Crippen LogP) is 4.81. The number of esters is 1. The lowest BCUT2D eigenvalue weighted by Crippen LogP contribution is -2.37. The van der Waals surface area contributed by atoms with Gasteiger partial charge >= 0.3 is 5.97 Å². The van der Waals surface area contributed by atoms with Crippen LogP contribution >= 0.6 is 23.4 Å². The lowest BCUT2D eigenvalue weighted by atomic mass is 10.1. The highest BCUT2D eigenvalue weighted by Crippen LogP contribution is 2.31. The molecule has 11 heteroatoms. The Kier molecular flexibility index (Phi) is 10.7. The number of ether oxygens (including phenoxy) is 3. The first-order chi connectivity index (χ1) is 19.0. The molecular weight excluding hydrogens is 540 g/mol. The second kappa shape index (κ2) is 14.4. The van der Waals surface area contributed by atoms with Crippen molar-refractivity contribution in [3.8, 4) is 5.75 Å². The minimum Gasteiger partial charge on any atom is -0.495 e. The van der Waals surface area contributed by atoms with Gasteiger partial charge in [0.15, 0.2) is 5.16 Å². The summed E-state index contributed by atoms with van der Waals surface area (Å²) in [6, 6.07) is 15.3. The van der Waals surface area contributed by atoms with Gasteiger partial charge in [0.05, 0.1) is 31.5 Å². The monoisotopic (exact) mass is 572 g/mol. The summed E-state index contributed by atoms with van der Waals surface area (Å²) in [5.74, 6) is 0.909. The number of hydrogen-bond acceptors (Lipinski definition) is 10. The molecule has 0 radical (unpaired) electrons. The molecule has 39 heavy (non-hydrogen) atoms. The quantitative estimate of drug-likeness (QED) is 0.136. The molecule has 208 valence electrons. The van der Waals surface area contributed by atoms with Crippen LogP contribution in [0.1, 0.15) is 34.3 Å². The molecule has 0 spiro atoms.